The lowest BCUT2D eigenvalue weighted by molar-refractivity contribution is -0.124. The highest BCUT2D eigenvalue weighted by molar-refractivity contribution is 6.30. The average Bonchev–Trinajstić information content (AvgIpc) is 2.65. The zero-order valence-corrected chi connectivity index (χ0v) is 15.6. The van der Waals surface area contributed by atoms with Crippen LogP contribution < -0.4 is 15.4 Å². The number of benzene rings is 2. The molecular formula is C21H18ClFN2O3. The van der Waals surface area contributed by atoms with Crippen LogP contribution in [0.1, 0.15) is 18.4 Å². The van der Waals surface area contributed by atoms with Gasteiger partial charge in [-0.2, -0.15) is 0 Å². The van der Waals surface area contributed by atoms with Crippen molar-refractivity contribution in [1.29, 1.82) is 0 Å². The van der Waals surface area contributed by atoms with Gasteiger partial charge in [0.25, 0.3) is 11.8 Å². The van der Waals surface area contributed by atoms with E-state index in [1.807, 2.05) is 0 Å². The van der Waals surface area contributed by atoms with Gasteiger partial charge in [-0.3, -0.25) is 9.59 Å². The van der Waals surface area contributed by atoms with Crippen molar-refractivity contribution < 1.29 is 18.7 Å². The lowest BCUT2D eigenvalue weighted by atomic mass is 9.86. The molecule has 1 aliphatic rings. The van der Waals surface area contributed by atoms with Crippen molar-refractivity contribution >= 4 is 23.4 Å². The number of para-hydroxylation sites is 1. The summed E-state index contributed by atoms with van der Waals surface area (Å²) in [5.74, 6) is 4.12. The highest BCUT2D eigenvalue weighted by Gasteiger charge is 2.31. The summed E-state index contributed by atoms with van der Waals surface area (Å²) < 4.78 is 18.6. The van der Waals surface area contributed by atoms with Crippen LogP contribution in [0.4, 0.5) is 4.39 Å². The molecule has 28 heavy (non-hydrogen) atoms. The Morgan fingerprint density at radius 2 is 1.75 bits per heavy atom. The van der Waals surface area contributed by atoms with E-state index in [4.69, 9.17) is 16.3 Å². The van der Waals surface area contributed by atoms with Gasteiger partial charge in [0, 0.05) is 28.6 Å². The van der Waals surface area contributed by atoms with Gasteiger partial charge in [0.2, 0.25) is 0 Å². The maximum Gasteiger partial charge on any atom is 0.296 e. The molecule has 0 aromatic heterocycles. The minimum Gasteiger partial charge on any atom is -0.481 e. The number of ether oxygens (including phenoxy) is 1. The molecule has 2 N–H and O–H groups in total. The topological polar surface area (TPSA) is 67.4 Å². The largest absolute Gasteiger partial charge is 0.481 e. The molecule has 0 aliphatic heterocycles. The Hall–Kier alpha value is -3.04. The predicted octanol–water partition coefficient (Wildman–Crippen LogP) is 2.67. The molecule has 3 rings (SSSR count). The molecule has 144 valence electrons. The third-order valence-corrected chi connectivity index (χ3v) is 4.45. The molecule has 0 heterocycles. The second-order valence-corrected chi connectivity index (χ2v) is 6.82. The molecule has 0 bridgehead atoms. The van der Waals surface area contributed by atoms with Crippen molar-refractivity contribution in [3.05, 3.63) is 64.9 Å². The lowest BCUT2D eigenvalue weighted by Gasteiger charge is -2.35. The van der Waals surface area contributed by atoms with Crippen molar-refractivity contribution in [2.24, 2.45) is 0 Å². The van der Waals surface area contributed by atoms with E-state index in [9.17, 15) is 14.0 Å². The fourth-order valence-corrected chi connectivity index (χ4v) is 2.84. The third-order valence-electron chi connectivity index (χ3n) is 4.20. The van der Waals surface area contributed by atoms with Gasteiger partial charge in [0.15, 0.2) is 18.2 Å². The van der Waals surface area contributed by atoms with Gasteiger partial charge in [0.1, 0.15) is 0 Å². The van der Waals surface area contributed by atoms with Gasteiger partial charge in [-0.05, 0) is 49.2 Å². The summed E-state index contributed by atoms with van der Waals surface area (Å²) in [6, 6.07) is 12.7. The molecule has 1 fully saturated rings. The first kappa shape index (κ1) is 19.7. The molecule has 0 atom stereocenters. The molecule has 1 saturated carbocycles. The second-order valence-electron chi connectivity index (χ2n) is 6.38. The van der Waals surface area contributed by atoms with Gasteiger partial charge in [-0.15, -0.1) is 0 Å². The van der Waals surface area contributed by atoms with Crippen molar-refractivity contribution in [2.45, 2.75) is 24.9 Å². The molecule has 0 unspecified atom stereocenters. The molecule has 2 amide bonds. The Balaban J connectivity index is 1.35. The van der Waals surface area contributed by atoms with E-state index in [1.54, 1.807) is 36.4 Å². The molecule has 2 aromatic rings. The van der Waals surface area contributed by atoms with E-state index in [1.165, 1.54) is 12.1 Å². The van der Waals surface area contributed by atoms with Crippen LogP contribution >= 0.6 is 11.6 Å². The number of rotatable bonds is 5. The lowest BCUT2D eigenvalue weighted by Crippen LogP contribution is -2.54. The fraction of sp³-hybridized carbons (Fsp3) is 0.238. The minimum atomic E-state index is -0.513. The summed E-state index contributed by atoms with van der Waals surface area (Å²) >= 11 is 5.80. The van der Waals surface area contributed by atoms with Crippen LogP contribution in [0.15, 0.2) is 48.5 Å². The van der Waals surface area contributed by atoms with Crippen LogP contribution in [-0.2, 0) is 9.59 Å². The number of nitrogens with one attached hydrogen (secondary N) is 2. The highest BCUT2D eigenvalue weighted by atomic mass is 35.5. The zero-order valence-electron chi connectivity index (χ0n) is 14.9. The Labute approximate surface area is 167 Å². The first-order chi connectivity index (χ1) is 13.5. The number of halogens is 2. The average molecular weight is 401 g/mol. The van der Waals surface area contributed by atoms with E-state index in [0.717, 1.165) is 0 Å². The Morgan fingerprint density at radius 3 is 2.46 bits per heavy atom. The summed E-state index contributed by atoms with van der Waals surface area (Å²) in [7, 11) is 0. The van der Waals surface area contributed by atoms with Crippen LogP contribution in [0.25, 0.3) is 0 Å². The maximum absolute atomic E-state index is 13.4. The summed E-state index contributed by atoms with van der Waals surface area (Å²) in [4.78, 5) is 23.7. The van der Waals surface area contributed by atoms with Crippen LogP contribution in [-0.4, -0.2) is 30.5 Å². The normalized spacial score (nSPS) is 17.5. The number of hydrogen-bond donors (Lipinski definition) is 2. The van der Waals surface area contributed by atoms with Crippen LogP contribution in [0.3, 0.4) is 0 Å². The SMILES string of the molecule is O=C(C#Cc1ccc(Cl)cc1)NC1CC(NC(=O)COc2ccccc2F)C1. The van der Waals surface area contributed by atoms with Gasteiger partial charge >= 0.3 is 0 Å². The highest BCUT2D eigenvalue weighted by Crippen LogP contribution is 2.20. The molecule has 2 aromatic carbocycles. The summed E-state index contributed by atoms with van der Waals surface area (Å²) in [5.41, 5.74) is 0.702. The number of amides is 2. The molecule has 0 spiro atoms. The summed E-state index contributed by atoms with van der Waals surface area (Å²) in [6.45, 7) is -0.263. The quantitative estimate of drug-likeness (QED) is 0.758. The van der Waals surface area contributed by atoms with Crippen molar-refractivity contribution in [1.82, 2.24) is 10.6 Å². The first-order valence-corrected chi connectivity index (χ1v) is 9.12. The molecule has 0 saturated heterocycles. The number of carbonyl (C=O) groups excluding carboxylic acids is 2. The van der Waals surface area contributed by atoms with Crippen LogP contribution in [0, 0.1) is 17.7 Å². The van der Waals surface area contributed by atoms with Gasteiger partial charge in [-0.25, -0.2) is 4.39 Å². The Kier molecular flexibility index (Phi) is 6.51. The Morgan fingerprint density at radius 1 is 1.07 bits per heavy atom. The molecule has 7 heteroatoms. The van der Waals surface area contributed by atoms with E-state index in [0.29, 0.717) is 23.4 Å². The third kappa shape index (κ3) is 5.73. The standard InChI is InChI=1S/C21H18ClFN2O3/c22-15-8-5-14(6-9-15)7-10-20(26)24-16-11-17(12-16)25-21(27)13-28-19-4-2-1-3-18(19)23/h1-6,8-9,16-17H,11-13H2,(H,24,26)(H,25,27). The molecular weight excluding hydrogens is 383 g/mol. The molecule has 5 nitrogen and oxygen atoms in total. The smallest absolute Gasteiger partial charge is 0.296 e. The van der Waals surface area contributed by atoms with Crippen LogP contribution in [0.2, 0.25) is 5.02 Å². The molecule has 1 aliphatic carbocycles. The van der Waals surface area contributed by atoms with Gasteiger partial charge < -0.3 is 15.4 Å². The van der Waals surface area contributed by atoms with Crippen molar-refractivity contribution in [2.75, 3.05) is 6.61 Å². The first-order valence-electron chi connectivity index (χ1n) is 8.74. The predicted molar refractivity (Wildman–Crippen MR) is 103 cm³/mol. The fourth-order valence-electron chi connectivity index (χ4n) is 2.71. The summed E-state index contributed by atoms with van der Waals surface area (Å²) in [6.07, 6.45) is 1.22. The second kappa shape index (κ2) is 9.25. The minimum absolute atomic E-state index is 0.0372. The maximum atomic E-state index is 13.4. The van der Waals surface area contributed by atoms with E-state index >= 15 is 0 Å². The molecule has 0 radical (unpaired) electrons. The number of hydrogen-bond acceptors (Lipinski definition) is 3. The van der Waals surface area contributed by atoms with E-state index < -0.39 is 5.82 Å². The summed E-state index contributed by atoms with van der Waals surface area (Å²) in [5, 5.41) is 6.19. The van der Waals surface area contributed by atoms with E-state index in [2.05, 4.69) is 22.5 Å². The van der Waals surface area contributed by atoms with Crippen molar-refractivity contribution in [3.63, 3.8) is 0 Å². The van der Waals surface area contributed by atoms with Gasteiger partial charge in [-0.1, -0.05) is 29.7 Å². The van der Waals surface area contributed by atoms with Crippen molar-refractivity contribution in [3.8, 4) is 17.6 Å². The number of carbonyl (C=O) groups is 2. The Bertz CT molecular complexity index is 915. The van der Waals surface area contributed by atoms with Crippen LogP contribution in [0.5, 0.6) is 5.75 Å². The van der Waals surface area contributed by atoms with Gasteiger partial charge in [0.05, 0.1) is 0 Å². The van der Waals surface area contributed by atoms with E-state index in [-0.39, 0.29) is 36.3 Å². The monoisotopic (exact) mass is 400 g/mol. The zero-order chi connectivity index (χ0) is 19.9.